The molecule has 3 heteroatoms. The predicted molar refractivity (Wildman–Crippen MR) is 118 cm³/mol. The first-order chi connectivity index (χ1) is 13.7. The van der Waals surface area contributed by atoms with Crippen molar-refractivity contribution in [1.29, 1.82) is 0 Å². The van der Waals surface area contributed by atoms with Gasteiger partial charge in [-0.3, -0.25) is 9.89 Å². The molecule has 2 atom stereocenters. The third kappa shape index (κ3) is 4.89. The highest BCUT2D eigenvalue weighted by Gasteiger charge is 2.37. The van der Waals surface area contributed by atoms with E-state index in [1.54, 1.807) is 5.57 Å². The van der Waals surface area contributed by atoms with Gasteiger partial charge in [-0.15, -0.1) is 0 Å². The Morgan fingerprint density at radius 2 is 2.18 bits per heavy atom. The van der Waals surface area contributed by atoms with E-state index in [-0.39, 0.29) is 0 Å². The molecule has 0 N–H and O–H groups in total. The van der Waals surface area contributed by atoms with E-state index in [2.05, 4.69) is 54.8 Å². The Bertz CT molecular complexity index is 799. The maximum absolute atomic E-state index is 5.46. The summed E-state index contributed by atoms with van der Waals surface area (Å²) in [5, 5.41) is 0. The van der Waals surface area contributed by atoms with Crippen LogP contribution in [-0.4, -0.2) is 36.9 Å². The minimum absolute atomic E-state index is 0.812. The van der Waals surface area contributed by atoms with Crippen LogP contribution in [0.5, 0.6) is 0 Å². The van der Waals surface area contributed by atoms with Gasteiger partial charge in [0.05, 0.1) is 18.9 Å². The molecule has 3 nitrogen and oxygen atoms in total. The molecule has 1 aromatic rings. The number of hydrogen-bond donors (Lipinski definition) is 0. The molecule has 0 aromatic heterocycles. The molecule has 1 heterocycles. The Morgan fingerprint density at radius 1 is 1.32 bits per heavy atom. The highest BCUT2D eigenvalue weighted by atomic mass is 16.5. The minimum atomic E-state index is 0.812. The zero-order valence-electron chi connectivity index (χ0n) is 17.1. The monoisotopic (exact) mass is 376 g/mol. The van der Waals surface area contributed by atoms with Gasteiger partial charge in [-0.1, -0.05) is 48.6 Å². The van der Waals surface area contributed by atoms with Crippen molar-refractivity contribution < 1.29 is 4.74 Å². The molecule has 1 saturated heterocycles. The van der Waals surface area contributed by atoms with E-state index in [4.69, 9.17) is 9.73 Å². The van der Waals surface area contributed by atoms with E-state index >= 15 is 0 Å². The zero-order chi connectivity index (χ0) is 19.3. The highest BCUT2D eigenvalue weighted by Crippen LogP contribution is 2.48. The normalized spacial score (nSPS) is 25.0. The van der Waals surface area contributed by atoms with Gasteiger partial charge < -0.3 is 4.74 Å². The number of benzene rings is 1. The van der Waals surface area contributed by atoms with Crippen molar-refractivity contribution in [2.45, 2.75) is 39.2 Å². The third-order valence-electron chi connectivity index (χ3n) is 6.13. The van der Waals surface area contributed by atoms with Crippen molar-refractivity contribution in [2.75, 3.05) is 26.3 Å². The van der Waals surface area contributed by atoms with E-state index in [1.165, 1.54) is 17.7 Å². The fraction of sp³-hybridized carbons (Fsp3) is 0.480. The summed E-state index contributed by atoms with van der Waals surface area (Å²) in [6, 6.07) is 6.60. The lowest BCUT2D eigenvalue weighted by Gasteiger charge is -2.26. The van der Waals surface area contributed by atoms with E-state index in [9.17, 15) is 0 Å². The summed E-state index contributed by atoms with van der Waals surface area (Å²) in [6.07, 6.45) is 13.7. The summed E-state index contributed by atoms with van der Waals surface area (Å²) in [6.45, 7) is 10.8. The summed E-state index contributed by atoms with van der Waals surface area (Å²) in [7, 11) is 0. The molecule has 0 radical (unpaired) electrons. The van der Waals surface area contributed by atoms with Gasteiger partial charge in [0.1, 0.15) is 0 Å². The highest BCUT2D eigenvalue weighted by molar-refractivity contribution is 5.86. The minimum Gasteiger partial charge on any atom is -0.379 e. The summed E-state index contributed by atoms with van der Waals surface area (Å²) < 4.78 is 5.46. The molecule has 2 fully saturated rings. The van der Waals surface area contributed by atoms with Crippen LogP contribution in [0.3, 0.4) is 0 Å². The maximum Gasteiger partial charge on any atom is 0.0704 e. The lowest BCUT2D eigenvalue weighted by molar-refractivity contribution is 0.0342. The van der Waals surface area contributed by atoms with Gasteiger partial charge in [-0.2, -0.15) is 0 Å². The van der Waals surface area contributed by atoms with E-state index in [0.29, 0.717) is 0 Å². The zero-order valence-corrected chi connectivity index (χ0v) is 17.1. The third-order valence-corrected chi connectivity index (χ3v) is 6.13. The Labute approximate surface area is 169 Å². The number of morpholine rings is 1. The van der Waals surface area contributed by atoms with Gasteiger partial charge in [-0.25, -0.2) is 0 Å². The van der Waals surface area contributed by atoms with Crippen LogP contribution < -0.4 is 0 Å². The topological polar surface area (TPSA) is 24.8 Å². The number of nitrogens with zero attached hydrogens (tertiary/aromatic N) is 2. The van der Waals surface area contributed by atoms with Crippen LogP contribution in [0.15, 0.2) is 53.6 Å². The molecule has 0 spiro atoms. The Hall–Kier alpha value is -1.97. The predicted octanol–water partition coefficient (Wildman–Crippen LogP) is 5.56. The van der Waals surface area contributed by atoms with Gasteiger partial charge in [-0.05, 0) is 61.6 Å². The molecule has 3 aliphatic rings. The van der Waals surface area contributed by atoms with Crippen molar-refractivity contribution in [3.8, 4) is 0 Å². The largest absolute Gasteiger partial charge is 0.379 e. The van der Waals surface area contributed by atoms with Crippen molar-refractivity contribution in [3.05, 3.63) is 59.7 Å². The molecule has 28 heavy (non-hydrogen) atoms. The maximum atomic E-state index is 5.46. The second-order valence-corrected chi connectivity index (χ2v) is 8.28. The first-order valence-electron chi connectivity index (χ1n) is 10.7. The van der Waals surface area contributed by atoms with Gasteiger partial charge in [0.25, 0.3) is 0 Å². The van der Waals surface area contributed by atoms with Crippen LogP contribution in [0.4, 0.5) is 5.69 Å². The van der Waals surface area contributed by atoms with Crippen molar-refractivity contribution in [1.82, 2.24) is 4.90 Å². The number of ether oxygens (including phenoxy) is 1. The molecular weight excluding hydrogens is 344 g/mol. The fourth-order valence-corrected chi connectivity index (χ4v) is 4.33. The van der Waals surface area contributed by atoms with Crippen LogP contribution in [0.25, 0.3) is 6.08 Å². The molecular formula is C25H32N2O. The summed E-state index contributed by atoms with van der Waals surface area (Å²) >= 11 is 0. The van der Waals surface area contributed by atoms with Crippen LogP contribution in [0, 0.1) is 11.8 Å². The summed E-state index contributed by atoms with van der Waals surface area (Å²) in [4.78, 5) is 7.44. The quantitative estimate of drug-likeness (QED) is 0.460. The Kier molecular flexibility index (Phi) is 6.23. The second-order valence-electron chi connectivity index (χ2n) is 8.28. The number of allylic oxidation sites excluding steroid dienone is 4. The summed E-state index contributed by atoms with van der Waals surface area (Å²) in [5.41, 5.74) is 6.35. The summed E-state index contributed by atoms with van der Waals surface area (Å²) in [5.74, 6) is 1.63. The van der Waals surface area contributed by atoms with Crippen molar-refractivity contribution in [2.24, 2.45) is 16.8 Å². The molecule has 148 valence electrons. The van der Waals surface area contributed by atoms with Crippen molar-refractivity contribution >= 4 is 17.5 Å². The number of fused-ring (bicyclic) bond motifs is 1. The van der Waals surface area contributed by atoms with Gasteiger partial charge in [0.15, 0.2) is 0 Å². The second kappa shape index (κ2) is 9.02. The standard InChI is InChI=1S/C25H32N2O/c1-3-21-11-9-20(18-27-12-14-28-15-13-27)16-25(21)26-19(2)8-10-22-6-4-5-7-23-17-24(22)23/h3,5-7,9,11,16,23-24H,1,4,8,10,12-15,17-18H2,2H3. The number of hydrogen-bond acceptors (Lipinski definition) is 3. The average Bonchev–Trinajstić information content (AvgIpc) is 3.49. The van der Waals surface area contributed by atoms with E-state index in [0.717, 1.165) is 75.2 Å². The average molecular weight is 377 g/mol. The molecule has 2 aliphatic carbocycles. The fourth-order valence-electron chi connectivity index (χ4n) is 4.33. The van der Waals surface area contributed by atoms with Crippen LogP contribution in [-0.2, 0) is 11.3 Å². The van der Waals surface area contributed by atoms with Gasteiger partial charge in [0, 0.05) is 25.3 Å². The molecule has 0 amide bonds. The van der Waals surface area contributed by atoms with Gasteiger partial charge >= 0.3 is 0 Å². The number of rotatable bonds is 7. The Balaban J connectivity index is 1.41. The van der Waals surface area contributed by atoms with Crippen LogP contribution >= 0.6 is 0 Å². The molecule has 2 unspecified atom stereocenters. The van der Waals surface area contributed by atoms with Crippen molar-refractivity contribution in [3.63, 3.8) is 0 Å². The van der Waals surface area contributed by atoms with Gasteiger partial charge in [0.2, 0.25) is 0 Å². The smallest absolute Gasteiger partial charge is 0.0704 e. The molecule has 0 bridgehead atoms. The molecule has 1 aliphatic heterocycles. The first-order valence-corrected chi connectivity index (χ1v) is 10.7. The van der Waals surface area contributed by atoms with Crippen LogP contribution in [0.1, 0.15) is 43.7 Å². The lowest BCUT2D eigenvalue weighted by Crippen LogP contribution is -2.35. The molecule has 1 aromatic carbocycles. The Morgan fingerprint density at radius 3 is 3.00 bits per heavy atom. The SMILES string of the molecule is C=Cc1ccc(CN2CCOCC2)cc1N=C(C)CCC1=CCC=CC2CC12. The first kappa shape index (κ1) is 19.4. The number of aliphatic imine (C=N–C) groups is 1. The van der Waals surface area contributed by atoms with E-state index in [1.807, 2.05) is 6.08 Å². The van der Waals surface area contributed by atoms with E-state index < -0.39 is 0 Å². The lowest BCUT2D eigenvalue weighted by atomic mass is 10.0. The van der Waals surface area contributed by atoms with Crippen LogP contribution in [0.2, 0.25) is 0 Å². The molecule has 1 saturated carbocycles. The molecule has 4 rings (SSSR count).